The standard InChI is InChI=1S/C14H14F3N3/c1-8-11(7-18)9(2)20-13(19-8)10-5-3-4-6-12(10)14(15,16)17/h3-6H,7,18H2,1-2H3. The fourth-order valence-corrected chi connectivity index (χ4v) is 2.08. The average molecular weight is 281 g/mol. The lowest BCUT2D eigenvalue weighted by atomic mass is 10.1. The van der Waals surface area contributed by atoms with Crippen LogP contribution in [-0.2, 0) is 12.7 Å². The second-order valence-corrected chi connectivity index (χ2v) is 4.44. The molecule has 3 nitrogen and oxygen atoms in total. The van der Waals surface area contributed by atoms with Gasteiger partial charge in [0.25, 0.3) is 0 Å². The molecule has 6 heteroatoms. The van der Waals surface area contributed by atoms with Crippen LogP contribution in [-0.4, -0.2) is 9.97 Å². The predicted octanol–water partition coefficient (Wildman–Crippen LogP) is 3.24. The number of halogens is 3. The van der Waals surface area contributed by atoms with E-state index in [1.807, 2.05) is 0 Å². The Labute approximate surface area is 114 Å². The molecule has 0 aliphatic rings. The Hall–Kier alpha value is -1.95. The zero-order valence-corrected chi connectivity index (χ0v) is 11.1. The lowest BCUT2D eigenvalue weighted by molar-refractivity contribution is -0.137. The maximum Gasteiger partial charge on any atom is 0.417 e. The molecule has 20 heavy (non-hydrogen) atoms. The molecule has 0 aliphatic heterocycles. The van der Waals surface area contributed by atoms with Gasteiger partial charge in [-0.05, 0) is 19.9 Å². The van der Waals surface area contributed by atoms with Crippen molar-refractivity contribution in [2.24, 2.45) is 5.73 Å². The fourth-order valence-electron chi connectivity index (χ4n) is 2.08. The number of aryl methyl sites for hydroxylation is 2. The second kappa shape index (κ2) is 5.20. The van der Waals surface area contributed by atoms with Crippen molar-refractivity contribution in [2.75, 3.05) is 0 Å². The van der Waals surface area contributed by atoms with Crippen molar-refractivity contribution in [1.29, 1.82) is 0 Å². The number of rotatable bonds is 2. The van der Waals surface area contributed by atoms with Crippen LogP contribution < -0.4 is 5.73 Å². The van der Waals surface area contributed by atoms with Crippen LogP contribution in [0.4, 0.5) is 13.2 Å². The molecular formula is C14H14F3N3. The van der Waals surface area contributed by atoms with E-state index < -0.39 is 11.7 Å². The number of aromatic nitrogens is 2. The van der Waals surface area contributed by atoms with Crippen molar-refractivity contribution in [1.82, 2.24) is 9.97 Å². The van der Waals surface area contributed by atoms with Crippen LogP contribution in [0, 0.1) is 13.8 Å². The van der Waals surface area contributed by atoms with Crippen molar-refractivity contribution in [2.45, 2.75) is 26.6 Å². The minimum atomic E-state index is -4.44. The summed E-state index contributed by atoms with van der Waals surface area (Å²) in [5.74, 6) is 0.0742. The Bertz CT molecular complexity index is 613. The Balaban J connectivity index is 2.64. The van der Waals surface area contributed by atoms with E-state index in [0.717, 1.165) is 11.6 Å². The molecule has 1 heterocycles. The van der Waals surface area contributed by atoms with Crippen molar-refractivity contribution in [3.63, 3.8) is 0 Å². The van der Waals surface area contributed by atoms with Gasteiger partial charge < -0.3 is 5.73 Å². The average Bonchev–Trinajstić information content (AvgIpc) is 2.37. The van der Waals surface area contributed by atoms with Gasteiger partial charge >= 0.3 is 6.18 Å². The minimum absolute atomic E-state index is 0.0187. The lowest BCUT2D eigenvalue weighted by Crippen LogP contribution is -2.11. The van der Waals surface area contributed by atoms with Crippen LogP contribution in [0.15, 0.2) is 24.3 Å². The molecule has 0 radical (unpaired) electrons. The number of nitrogens with zero attached hydrogens (tertiary/aromatic N) is 2. The highest BCUT2D eigenvalue weighted by Gasteiger charge is 2.34. The third-order valence-electron chi connectivity index (χ3n) is 3.10. The van der Waals surface area contributed by atoms with Gasteiger partial charge in [0.15, 0.2) is 5.82 Å². The first-order chi connectivity index (χ1) is 9.34. The van der Waals surface area contributed by atoms with E-state index >= 15 is 0 Å². The maximum absolute atomic E-state index is 13.0. The molecule has 0 spiro atoms. The van der Waals surface area contributed by atoms with Gasteiger partial charge in [-0.3, -0.25) is 0 Å². The van der Waals surface area contributed by atoms with Crippen molar-refractivity contribution in [3.8, 4) is 11.4 Å². The monoisotopic (exact) mass is 281 g/mol. The van der Waals surface area contributed by atoms with Crippen molar-refractivity contribution >= 4 is 0 Å². The van der Waals surface area contributed by atoms with Gasteiger partial charge in [0.2, 0.25) is 0 Å². The highest BCUT2D eigenvalue weighted by molar-refractivity contribution is 5.61. The van der Waals surface area contributed by atoms with Gasteiger partial charge in [-0.1, -0.05) is 18.2 Å². The molecule has 0 saturated heterocycles. The Morgan fingerprint density at radius 2 is 1.60 bits per heavy atom. The zero-order valence-electron chi connectivity index (χ0n) is 11.1. The molecule has 0 amide bonds. The molecule has 0 saturated carbocycles. The molecule has 0 bridgehead atoms. The molecule has 2 aromatic rings. The van der Waals surface area contributed by atoms with Gasteiger partial charge in [-0.25, -0.2) is 9.97 Å². The summed E-state index contributed by atoms with van der Waals surface area (Å²) in [6.07, 6.45) is -4.44. The topological polar surface area (TPSA) is 51.8 Å². The Morgan fingerprint density at radius 1 is 1.05 bits per heavy atom. The molecule has 2 N–H and O–H groups in total. The molecular weight excluding hydrogens is 267 g/mol. The normalized spacial score (nSPS) is 11.7. The summed E-state index contributed by atoms with van der Waals surface area (Å²) in [5.41, 5.74) is 6.79. The number of nitrogens with two attached hydrogens (primary N) is 1. The molecule has 0 fully saturated rings. The number of alkyl halides is 3. The van der Waals surface area contributed by atoms with Crippen LogP contribution in [0.1, 0.15) is 22.5 Å². The number of hydrogen-bond donors (Lipinski definition) is 1. The van der Waals surface area contributed by atoms with E-state index in [1.165, 1.54) is 18.2 Å². The molecule has 0 unspecified atom stereocenters. The fraction of sp³-hybridized carbons (Fsp3) is 0.286. The van der Waals surface area contributed by atoms with Crippen LogP contribution in [0.3, 0.4) is 0 Å². The zero-order chi connectivity index (χ0) is 14.9. The van der Waals surface area contributed by atoms with Crippen molar-refractivity contribution < 1.29 is 13.2 Å². The third kappa shape index (κ3) is 2.65. The van der Waals surface area contributed by atoms with Crippen LogP contribution in [0.5, 0.6) is 0 Å². The molecule has 106 valence electrons. The van der Waals surface area contributed by atoms with Gasteiger partial charge in [-0.15, -0.1) is 0 Å². The van der Waals surface area contributed by atoms with E-state index in [-0.39, 0.29) is 17.9 Å². The smallest absolute Gasteiger partial charge is 0.326 e. The summed E-state index contributed by atoms with van der Waals surface area (Å²) in [6.45, 7) is 3.70. The van der Waals surface area contributed by atoms with Crippen LogP contribution >= 0.6 is 0 Å². The second-order valence-electron chi connectivity index (χ2n) is 4.44. The molecule has 0 aliphatic carbocycles. The molecule has 0 atom stereocenters. The predicted molar refractivity (Wildman–Crippen MR) is 69.8 cm³/mol. The van der Waals surface area contributed by atoms with E-state index in [2.05, 4.69) is 9.97 Å². The summed E-state index contributed by atoms with van der Waals surface area (Å²) in [4.78, 5) is 8.32. The lowest BCUT2D eigenvalue weighted by Gasteiger charge is -2.14. The maximum atomic E-state index is 13.0. The summed E-state index contributed by atoms with van der Waals surface area (Å²) in [6, 6.07) is 5.29. The van der Waals surface area contributed by atoms with E-state index in [9.17, 15) is 13.2 Å². The SMILES string of the molecule is Cc1nc(-c2ccccc2C(F)(F)F)nc(C)c1CN. The largest absolute Gasteiger partial charge is 0.417 e. The highest BCUT2D eigenvalue weighted by atomic mass is 19.4. The van der Waals surface area contributed by atoms with E-state index in [4.69, 9.17) is 5.73 Å². The summed E-state index contributed by atoms with van der Waals surface area (Å²) < 4.78 is 39.0. The quantitative estimate of drug-likeness (QED) is 0.919. The Morgan fingerprint density at radius 3 is 2.10 bits per heavy atom. The van der Waals surface area contributed by atoms with Gasteiger partial charge in [0.1, 0.15) is 0 Å². The van der Waals surface area contributed by atoms with E-state index in [1.54, 1.807) is 13.8 Å². The number of hydrogen-bond acceptors (Lipinski definition) is 3. The Kier molecular flexibility index (Phi) is 3.76. The first kappa shape index (κ1) is 14.5. The molecule has 2 rings (SSSR count). The third-order valence-corrected chi connectivity index (χ3v) is 3.10. The van der Waals surface area contributed by atoms with E-state index in [0.29, 0.717) is 11.4 Å². The van der Waals surface area contributed by atoms with Gasteiger partial charge in [0.05, 0.1) is 5.56 Å². The summed E-state index contributed by atoms with van der Waals surface area (Å²) in [5, 5.41) is 0. The van der Waals surface area contributed by atoms with Crippen LogP contribution in [0.25, 0.3) is 11.4 Å². The van der Waals surface area contributed by atoms with Crippen LogP contribution in [0.2, 0.25) is 0 Å². The van der Waals surface area contributed by atoms with Gasteiger partial charge in [0, 0.05) is 29.1 Å². The first-order valence-corrected chi connectivity index (χ1v) is 6.05. The number of benzene rings is 1. The van der Waals surface area contributed by atoms with Gasteiger partial charge in [-0.2, -0.15) is 13.2 Å². The summed E-state index contributed by atoms with van der Waals surface area (Å²) in [7, 11) is 0. The first-order valence-electron chi connectivity index (χ1n) is 6.05. The van der Waals surface area contributed by atoms with Crippen molar-refractivity contribution in [3.05, 3.63) is 46.8 Å². The highest BCUT2D eigenvalue weighted by Crippen LogP contribution is 2.35. The molecule has 1 aromatic carbocycles. The molecule has 1 aromatic heterocycles. The minimum Gasteiger partial charge on any atom is -0.326 e. The summed E-state index contributed by atoms with van der Waals surface area (Å²) >= 11 is 0.